The molecule has 0 fully saturated rings. The lowest BCUT2D eigenvalue weighted by molar-refractivity contribution is 0.494. The molecule has 0 saturated heterocycles. The maximum atomic E-state index is 4.46. The number of pyridine rings is 1. The van der Waals surface area contributed by atoms with Crippen molar-refractivity contribution >= 4 is 0 Å². The van der Waals surface area contributed by atoms with E-state index in [-0.39, 0.29) is 0 Å². The number of hydrogen-bond donors (Lipinski definition) is 1. The van der Waals surface area contributed by atoms with Crippen molar-refractivity contribution in [2.24, 2.45) is 0 Å². The van der Waals surface area contributed by atoms with Gasteiger partial charge in [0.15, 0.2) is 0 Å². The van der Waals surface area contributed by atoms with Gasteiger partial charge in [0.05, 0.1) is 6.04 Å². The Labute approximate surface area is 108 Å². The predicted octanol–water partition coefficient (Wildman–Crippen LogP) is 2.19. The van der Waals surface area contributed by atoms with E-state index in [0.29, 0.717) is 6.04 Å². The van der Waals surface area contributed by atoms with Crippen LogP contribution in [-0.2, 0) is 13.0 Å². The Hall–Kier alpha value is -1.68. The smallest absolute Gasteiger partial charge is 0.125 e. The van der Waals surface area contributed by atoms with Crippen LogP contribution in [0.5, 0.6) is 0 Å². The average molecular weight is 244 g/mol. The Morgan fingerprint density at radius 2 is 2.28 bits per heavy atom. The summed E-state index contributed by atoms with van der Waals surface area (Å²) >= 11 is 0. The molecule has 18 heavy (non-hydrogen) atoms. The maximum Gasteiger partial charge on any atom is 0.125 e. The fraction of sp³-hybridized carbons (Fsp3) is 0.429. The topological polar surface area (TPSA) is 42.7 Å². The summed E-state index contributed by atoms with van der Waals surface area (Å²) in [6.45, 7) is 3.10. The predicted molar refractivity (Wildman–Crippen MR) is 72.3 cm³/mol. The van der Waals surface area contributed by atoms with Crippen LogP contribution in [0.15, 0.2) is 36.9 Å². The van der Waals surface area contributed by atoms with E-state index in [0.717, 1.165) is 25.2 Å². The minimum atomic E-state index is 0.292. The molecular formula is C14H20N4. The van der Waals surface area contributed by atoms with Crippen LogP contribution in [-0.4, -0.2) is 21.6 Å². The van der Waals surface area contributed by atoms with Gasteiger partial charge in [-0.05, 0) is 38.4 Å². The Morgan fingerprint density at radius 1 is 1.39 bits per heavy atom. The highest BCUT2D eigenvalue weighted by Crippen LogP contribution is 2.17. The Kier molecular flexibility index (Phi) is 4.47. The molecule has 4 nitrogen and oxygen atoms in total. The lowest BCUT2D eigenvalue weighted by Gasteiger charge is -2.16. The normalized spacial score (nSPS) is 12.6. The van der Waals surface area contributed by atoms with Crippen molar-refractivity contribution in [2.45, 2.75) is 32.4 Å². The van der Waals surface area contributed by atoms with E-state index in [1.165, 1.54) is 5.56 Å². The standard InChI is InChI=1S/C14H20N4/c1-3-18-10-9-17-14(18)13(15-2)7-6-12-5-4-8-16-11-12/h4-5,8-11,13,15H,3,6-7H2,1-2H3. The van der Waals surface area contributed by atoms with Crippen LogP contribution in [0.3, 0.4) is 0 Å². The second kappa shape index (κ2) is 6.31. The van der Waals surface area contributed by atoms with Gasteiger partial charge in [0.2, 0.25) is 0 Å². The minimum absolute atomic E-state index is 0.292. The van der Waals surface area contributed by atoms with Gasteiger partial charge in [-0.3, -0.25) is 4.98 Å². The van der Waals surface area contributed by atoms with E-state index >= 15 is 0 Å². The fourth-order valence-corrected chi connectivity index (χ4v) is 2.16. The molecule has 2 aromatic rings. The molecule has 1 N–H and O–H groups in total. The quantitative estimate of drug-likeness (QED) is 0.847. The first-order valence-electron chi connectivity index (χ1n) is 6.42. The molecule has 0 aliphatic rings. The third kappa shape index (κ3) is 2.96. The van der Waals surface area contributed by atoms with E-state index in [9.17, 15) is 0 Å². The summed E-state index contributed by atoms with van der Waals surface area (Å²) in [4.78, 5) is 8.60. The summed E-state index contributed by atoms with van der Waals surface area (Å²) in [5.74, 6) is 1.11. The van der Waals surface area contributed by atoms with Crippen LogP contribution in [0.25, 0.3) is 0 Å². The van der Waals surface area contributed by atoms with Crippen LogP contribution in [0, 0.1) is 0 Å². The van der Waals surface area contributed by atoms with Gasteiger partial charge in [-0.25, -0.2) is 4.98 Å². The van der Waals surface area contributed by atoms with Crippen LogP contribution in [0.2, 0.25) is 0 Å². The molecule has 0 aliphatic carbocycles. The minimum Gasteiger partial charge on any atom is -0.334 e. The van der Waals surface area contributed by atoms with E-state index in [2.05, 4.69) is 32.8 Å². The van der Waals surface area contributed by atoms with Crippen molar-refractivity contribution in [1.82, 2.24) is 19.9 Å². The zero-order valence-corrected chi connectivity index (χ0v) is 11.0. The number of rotatable bonds is 6. The molecule has 2 aromatic heterocycles. The van der Waals surface area contributed by atoms with Crippen LogP contribution in [0.4, 0.5) is 0 Å². The SMILES string of the molecule is CCn1ccnc1C(CCc1cccnc1)NC. The second-order valence-corrected chi connectivity index (χ2v) is 4.31. The molecule has 2 rings (SSSR count). The molecule has 1 unspecified atom stereocenters. The Balaban J connectivity index is 2.02. The van der Waals surface area contributed by atoms with Gasteiger partial charge in [0, 0.05) is 31.3 Å². The molecule has 96 valence electrons. The molecule has 0 aromatic carbocycles. The molecule has 4 heteroatoms. The third-order valence-electron chi connectivity index (χ3n) is 3.19. The van der Waals surface area contributed by atoms with E-state index in [1.807, 2.05) is 37.9 Å². The number of nitrogens with zero attached hydrogens (tertiary/aromatic N) is 3. The molecular weight excluding hydrogens is 224 g/mol. The third-order valence-corrected chi connectivity index (χ3v) is 3.19. The highest BCUT2D eigenvalue weighted by molar-refractivity contribution is 5.10. The van der Waals surface area contributed by atoms with Crippen molar-refractivity contribution in [3.8, 4) is 0 Å². The first-order chi connectivity index (χ1) is 8.85. The molecule has 0 aliphatic heterocycles. The monoisotopic (exact) mass is 244 g/mol. The first kappa shape index (κ1) is 12.8. The van der Waals surface area contributed by atoms with Gasteiger partial charge in [0.25, 0.3) is 0 Å². The summed E-state index contributed by atoms with van der Waals surface area (Å²) < 4.78 is 2.18. The summed E-state index contributed by atoms with van der Waals surface area (Å²) in [5.41, 5.74) is 1.27. The summed E-state index contributed by atoms with van der Waals surface area (Å²) in [7, 11) is 1.99. The van der Waals surface area contributed by atoms with Crippen molar-refractivity contribution in [2.75, 3.05) is 7.05 Å². The van der Waals surface area contributed by atoms with E-state index < -0.39 is 0 Å². The largest absolute Gasteiger partial charge is 0.334 e. The molecule has 2 heterocycles. The lowest BCUT2D eigenvalue weighted by Crippen LogP contribution is -2.21. The number of imidazole rings is 1. The van der Waals surface area contributed by atoms with Crippen LogP contribution in [0.1, 0.15) is 30.8 Å². The molecule has 0 saturated carbocycles. The average Bonchev–Trinajstić information content (AvgIpc) is 2.89. The van der Waals surface area contributed by atoms with E-state index in [4.69, 9.17) is 0 Å². The van der Waals surface area contributed by atoms with Crippen molar-refractivity contribution in [1.29, 1.82) is 0 Å². The number of nitrogens with one attached hydrogen (secondary N) is 1. The molecule has 1 atom stereocenters. The van der Waals surface area contributed by atoms with Crippen molar-refractivity contribution in [3.05, 3.63) is 48.3 Å². The maximum absolute atomic E-state index is 4.46. The van der Waals surface area contributed by atoms with Gasteiger partial charge in [-0.1, -0.05) is 6.07 Å². The van der Waals surface area contributed by atoms with E-state index in [1.54, 1.807) is 0 Å². The molecule has 0 spiro atoms. The van der Waals surface area contributed by atoms with Crippen LogP contribution < -0.4 is 5.32 Å². The highest BCUT2D eigenvalue weighted by atomic mass is 15.1. The summed E-state index contributed by atoms with van der Waals surface area (Å²) in [5, 5.41) is 3.35. The van der Waals surface area contributed by atoms with Gasteiger partial charge in [0.1, 0.15) is 5.82 Å². The number of aromatic nitrogens is 3. The highest BCUT2D eigenvalue weighted by Gasteiger charge is 2.14. The number of hydrogen-bond acceptors (Lipinski definition) is 3. The lowest BCUT2D eigenvalue weighted by atomic mass is 10.1. The second-order valence-electron chi connectivity index (χ2n) is 4.31. The molecule has 0 amide bonds. The summed E-state index contributed by atoms with van der Waals surface area (Å²) in [6, 6.07) is 4.39. The van der Waals surface area contributed by atoms with Gasteiger partial charge in [-0.2, -0.15) is 0 Å². The molecule has 0 radical (unpaired) electrons. The van der Waals surface area contributed by atoms with Gasteiger partial charge < -0.3 is 9.88 Å². The van der Waals surface area contributed by atoms with Gasteiger partial charge in [-0.15, -0.1) is 0 Å². The molecule has 0 bridgehead atoms. The van der Waals surface area contributed by atoms with Crippen molar-refractivity contribution < 1.29 is 0 Å². The van der Waals surface area contributed by atoms with Crippen LogP contribution >= 0.6 is 0 Å². The summed E-state index contributed by atoms with van der Waals surface area (Å²) in [6.07, 6.45) is 9.67. The zero-order valence-electron chi connectivity index (χ0n) is 11.0. The van der Waals surface area contributed by atoms with Gasteiger partial charge >= 0.3 is 0 Å². The first-order valence-corrected chi connectivity index (χ1v) is 6.42. The zero-order chi connectivity index (χ0) is 12.8. The fourth-order valence-electron chi connectivity index (χ4n) is 2.16. The Morgan fingerprint density at radius 3 is 2.94 bits per heavy atom. The van der Waals surface area contributed by atoms with Crippen molar-refractivity contribution in [3.63, 3.8) is 0 Å². The Bertz CT molecular complexity index is 464. The number of aryl methyl sites for hydroxylation is 2.